The van der Waals surface area contributed by atoms with Crippen molar-refractivity contribution in [3.05, 3.63) is 64.0 Å². The summed E-state index contributed by atoms with van der Waals surface area (Å²) < 4.78 is 14.4. The second kappa shape index (κ2) is 7.39. The van der Waals surface area contributed by atoms with Crippen molar-refractivity contribution in [1.82, 2.24) is 9.88 Å². The molecular weight excluding hydrogens is 407 g/mol. The van der Waals surface area contributed by atoms with Crippen LogP contribution in [0.5, 0.6) is 0 Å². The Morgan fingerprint density at radius 2 is 1.78 bits per heavy atom. The van der Waals surface area contributed by atoms with Crippen molar-refractivity contribution in [3.63, 3.8) is 0 Å². The quantitative estimate of drug-likeness (QED) is 0.523. The molecule has 0 N–H and O–H groups in total. The average molecular weight is 427 g/mol. The lowest BCUT2D eigenvalue weighted by Gasteiger charge is -2.28. The molecule has 1 saturated heterocycles. The summed E-state index contributed by atoms with van der Waals surface area (Å²) in [6.45, 7) is 3.43. The molecule has 1 amide bonds. The van der Waals surface area contributed by atoms with E-state index in [-0.39, 0.29) is 11.7 Å². The fraction of sp³-hybridized carbons (Fsp3) is 0.273. The minimum Gasteiger partial charge on any atom is -0.339 e. The Morgan fingerprint density at radius 1 is 1.07 bits per heavy atom. The molecule has 138 valence electrons. The van der Waals surface area contributed by atoms with Crippen LogP contribution in [-0.4, -0.2) is 28.9 Å². The molecule has 0 spiro atoms. The minimum absolute atomic E-state index is 0.0147. The van der Waals surface area contributed by atoms with Gasteiger partial charge in [-0.1, -0.05) is 28.1 Å². The van der Waals surface area contributed by atoms with E-state index in [0.29, 0.717) is 11.3 Å². The van der Waals surface area contributed by atoms with Gasteiger partial charge >= 0.3 is 0 Å². The Hall–Kier alpha value is -2.27. The van der Waals surface area contributed by atoms with Crippen LogP contribution in [0.3, 0.4) is 0 Å². The lowest BCUT2D eigenvalue weighted by Crippen LogP contribution is -2.36. The number of rotatable bonds is 2. The first kappa shape index (κ1) is 18.1. The Kier molecular flexibility index (Phi) is 4.96. The highest BCUT2D eigenvalue weighted by Gasteiger charge is 2.25. The van der Waals surface area contributed by atoms with Crippen LogP contribution in [0.25, 0.3) is 22.0 Å². The van der Waals surface area contributed by atoms with Gasteiger partial charge in [0.05, 0.1) is 16.8 Å². The highest BCUT2D eigenvalue weighted by atomic mass is 79.9. The minimum atomic E-state index is -0.293. The van der Waals surface area contributed by atoms with Gasteiger partial charge in [-0.2, -0.15) is 0 Å². The molecule has 0 saturated carbocycles. The number of amides is 1. The molecule has 0 aliphatic carbocycles. The zero-order valence-electron chi connectivity index (χ0n) is 15.1. The first-order valence-corrected chi connectivity index (χ1v) is 9.99. The van der Waals surface area contributed by atoms with Crippen molar-refractivity contribution in [2.75, 3.05) is 13.1 Å². The number of fused-ring (bicyclic) bond motifs is 1. The van der Waals surface area contributed by atoms with E-state index < -0.39 is 0 Å². The molecule has 5 heteroatoms. The molecule has 3 aromatic rings. The molecule has 0 unspecified atom stereocenters. The largest absolute Gasteiger partial charge is 0.339 e. The lowest BCUT2D eigenvalue weighted by molar-refractivity contribution is 0.0724. The SMILES string of the molecule is Cc1nc2ccc(Br)cc2c(-c2ccc(F)cc2)c1C(=O)N1CCCCC1. The summed E-state index contributed by atoms with van der Waals surface area (Å²) in [4.78, 5) is 20.0. The summed E-state index contributed by atoms with van der Waals surface area (Å²) >= 11 is 3.52. The van der Waals surface area contributed by atoms with Gasteiger partial charge in [-0.15, -0.1) is 0 Å². The van der Waals surface area contributed by atoms with Gasteiger partial charge in [-0.3, -0.25) is 9.78 Å². The van der Waals surface area contributed by atoms with Crippen molar-refractivity contribution in [1.29, 1.82) is 0 Å². The van der Waals surface area contributed by atoms with Gasteiger partial charge in [0.25, 0.3) is 5.91 Å². The number of nitrogens with zero attached hydrogens (tertiary/aromatic N) is 2. The predicted octanol–water partition coefficient (Wildman–Crippen LogP) is 5.74. The van der Waals surface area contributed by atoms with Crippen molar-refractivity contribution in [2.24, 2.45) is 0 Å². The molecular formula is C22H20BrFN2O. The van der Waals surface area contributed by atoms with Gasteiger partial charge in [-0.05, 0) is 62.1 Å². The van der Waals surface area contributed by atoms with Crippen molar-refractivity contribution >= 4 is 32.7 Å². The van der Waals surface area contributed by atoms with Gasteiger partial charge in [0.2, 0.25) is 0 Å². The Labute approximate surface area is 166 Å². The first-order chi connectivity index (χ1) is 13.0. The zero-order valence-corrected chi connectivity index (χ0v) is 16.7. The maximum absolute atomic E-state index is 13.5. The molecule has 1 fully saturated rings. The molecule has 3 nitrogen and oxygen atoms in total. The number of pyridine rings is 1. The standard InChI is InChI=1S/C22H20BrFN2O/c1-14-20(22(27)26-11-3-2-4-12-26)21(15-5-8-17(24)9-6-15)18-13-16(23)7-10-19(18)25-14/h5-10,13H,2-4,11-12H2,1H3. The van der Waals surface area contributed by atoms with Crippen molar-refractivity contribution < 1.29 is 9.18 Å². The lowest BCUT2D eigenvalue weighted by atomic mass is 9.93. The summed E-state index contributed by atoms with van der Waals surface area (Å²) in [6, 6.07) is 12.2. The number of likely N-dealkylation sites (tertiary alicyclic amines) is 1. The van der Waals surface area contributed by atoms with E-state index in [4.69, 9.17) is 4.98 Å². The summed E-state index contributed by atoms with van der Waals surface area (Å²) in [5, 5.41) is 0.891. The van der Waals surface area contributed by atoms with E-state index in [2.05, 4.69) is 15.9 Å². The van der Waals surface area contributed by atoms with Crippen molar-refractivity contribution in [3.8, 4) is 11.1 Å². The molecule has 4 rings (SSSR count). The maximum atomic E-state index is 13.5. The van der Waals surface area contributed by atoms with Gasteiger partial charge in [0.1, 0.15) is 5.82 Å². The Morgan fingerprint density at radius 3 is 2.48 bits per heavy atom. The monoisotopic (exact) mass is 426 g/mol. The second-order valence-electron chi connectivity index (χ2n) is 6.97. The number of hydrogen-bond donors (Lipinski definition) is 0. The molecule has 1 aliphatic rings. The fourth-order valence-electron chi connectivity index (χ4n) is 3.79. The van der Waals surface area contributed by atoms with E-state index >= 15 is 0 Å². The van der Waals surface area contributed by atoms with E-state index in [9.17, 15) is 9.18 Å². The van der Waals surface area contributed by atoms with Gasteiger partial charge < -0.3 is 4.90 Å². The molecule has 0 atom stereocenters. The third-order valence-electron chi connectivity index (χ3n) is 5.12. The van der Waals surface area contributed by atoms with Crippen LogP contribution in [0.1, 0.15) is 35.3 Å². The van der Waals surface area contributed by atoms with Gasteiger partial charge in [0, 0.05) is 28.5 Å². The van der Waals surface area contributed by atoms with E-state index in [1.165, 1.54) is 12.1 Å². The summed E-state index contributed by atoms with van der Waals surface area (Å²) in [5.41, 5.74) is 3.80. The predicted molar refractivity (Wildman–Crippen MR) is 109 cm³/mol. The smallest absolute Gasteiger partial charge is 0.256 e. The van der Waals surface area contributed by atoms with Gasteiger partial charge in [-0.25, -0.2) is 4.39 Å². The Balaban J connectivity index is 1.98. The number of halogens is 2. The normalized spacial score (nSPS) is 14.6. The van der Waals surface area contributed by atoms with Crippen LogP contribution in [-0.2, 0) is 0 Å². The molecule has 1 aliphatic heterocycles. The molecule has 2 heterocycles. The van der Waals surface area contributed by atoms with E-state index in [1.807, 2.05) is 30.0 Å². The molecule has 27 heavy (non-hydrogen) atoms. The average Bonchev–Trinajstić information content (AvgIpc) is 2.68. The number of carbonyl (C=O) groups is 1. The summed E-state index contributed by atoms with van der Waals surface area (Å²) in [6.07, 6.45) is 3.23. The molecule has 1 aromatic heterocycles. The van der Waals surface area contributed by atoms with E-state index in [1.54, 1.807) is 12.1 Å². The highest BCUT2D eigenvalue weighted by Crippen LogP contribution is 2.35. The Bertz CT molecular complexity index is 1010. The molecule has 2 aromatic carbocycles. The fourth-order valence-corrected chi connectivity index (χ4v) is 4.15. The zero-order chi connectivity index (χ0) is 19.0. The number of hydrogen-bond acceptors (Lipinski definition) is 2. The van der Waals surface area contributed by atoms with Crippen LogP contribution in [0.2, 0.25) is 0 Å². The molecule has 0 bridgehead atoms. The maximum Gasteiger partial charge on any atom is 0.256 e. The first-order valence-electron chi connectivity index (χ1n) is 9.19. The number of piperidine rings is 1. The van der Waals surface area contributed by atoms with Crippen LogP contribution >= 0.6 is 15.9 Å². The topological polar surface area (TPSA) is 33.2 Å². The van der Waals surface area contributed by atoms with Crippen LogP contribution in [0.15, 0.2) is 46.9 Å². The van der Waals surface area contributed by atoms with Crippen LogP contribution in [0, 0.1) is 12.7 Å². The van der Waals surface area contributed by atoms with Gasteiger partial charge in [0.15, 0.2) is 0 Å². The number of aryl methyl sites for hydroxylation is 1. The number of carbonyl (C=O) groups excluding carboxylic acids is 1. The number of aromatic nitrogens is 1. The third-order valence-corrected chi connectivity index (χ3v) is 5.61. The van der Waals surface area contributed by atoms with E-state index in [0.717, 1.165) is 58.9 Å². The summed E-state index contributed by atoms with van der Waals surface area (Å²) in [7, 11) is 0. The molecule has 0 radical (unpaired) electrons. The highest BCUT2D eigenvalue weighted by molar-refractivity contribution is 9.10. The van der Waals surface area contributed by atoms with Crippen LogP contribution in [0.4, 0.5) is 4.39 Å². The van der Waals surface area contributed by atoms with Crippen LogP contribution < -0.4 is 0 Å². The van der Waals surface area contributed by atoms with Crippen molar-refractivity contribution in [2.45, 2.75) is 26.2 Å². The number of benzene rings is 2. The second-order valence-corrected chi connectivity index (χ2v) is 7.88. The summed E-state index contributed by atoms with van der Waals surface area (Å²) in [5.74, 6) is -0.278. The third kappa shape index (κ3) is 3.48.